The highest BCUT2D eigenvalue weighted by Crippen LogP contribution is 2.46. The van der Waals surface area contributed by atoms with E-state index in [9.17, 15) is 0 Å². The van der Waals surface area contributed by atoms with Crippen molar-refractivity contribution in [1.82, 2.24) is 29.1 Å². The number of rotatable bonds is 10. The van der Waals surface area contributed by atoms with Crippen LogP contribution in [0.25, 0.3) is 199 Å². The summed E-state index contributed by atoms with van der Waals surface area (Å²) in [6, 6.07) is 141. The number of fused-ring (bicyclic) bond motifs is 10. The number of para-hydroxylation sites is 2. The number of benzene rings is 16. The van der Waals surface area contributed by atoms with Crippen molar-refractivity contribution in [2.24, 2.45) is 0 Å². The molecule has 0 bridgehead atoms. The third-order valence-corrected chi connectivity index (χ3v) is 21.0. The summed E-state index contributed by atoms with van der Waals surface area (Å²) in [4.78, 5) is 23.4. The molecule has 0 aliphatic carbocycles. The van der Waals surface area contributed by atoms with Gasteiger partial charge >= 0.3 is 0 Å². The molecule has 0 atom stereocenters. The zero-order chi connectivity index (χ0) is 70.0. The molecule has 0 N–H and O–H groups in total. The minimum atomic E-state index is 0.535. The maximum absolute atomic E-state index is 5.93. The second-order valence-corrected chi connectivity index (χ2v) is 27.2. The van der Waals surface area contributed by atoms with Crippen molar-refractivity contribution < 1.29 is 0 Å². The molecule has 6 heteroatoms. The minimum absolute atomic E-state index is 0.535. The van der Waals surface area contributed by atoms with Gasteiger partial charge in [0.1, 0.15) is 0 Å². The summed E-state index contributed by atoms with van der Waals surface area (Å²) in [6.45, 7) is 0. The molecular weight excluding hydrogens is 1290 g/mol. The molecule has 4 heterocycles. The fraction of sp³-hybridized carbons (Fsp3) is 0. The lowest BCUT2D eigenvalue weighted by Gasteiger charge is -2.17. The standard InChI is InChI=1S/C100H64N6/c1-7-27-65(28-8-1)71-39-23-41-77(59-71)97-83-43-19-21-49-89(83)101-99(103-97)105-91-55-51-73(67-31-11-3-12-32-67)61-85(91)79-45-25-47-81-87-63-75(69-35-15-5-16-36-69)53-57-93(87)106(100-102-90-50-22-20-44-84(90)98(104-100)78-42-24-40-72(60-78)66-29-9-2-10-30-66)94-58-54-76(70-37-17-6-18-38-70)64-88(94)82-48-26-46-80(96(82)95(79)81)86-62-74(52-56-92(86)105)68-33-13-4-14-34-68/h1-64H. The van der Waals surface area contributed by atoms with E-state index in [-0.39, 0.29) is 0 Å². The molecule has 0 fully saturated rings. The second-order valence-electron chi connectivity index (χ2n) is 27.2. The van der Waals surface area contributed by atoms with Crippen LogP contribution in [0.1, 0.15) is 0 Å². The van der Waals surface area contributed by atoms with E-state index >= 15 is 0 Å². The van der Waals surface area contributed by atoms with E-state index < -0.39 is 0 Å². The predicted molar refractivity (Wildman–Crippen MR) is 444 cm³/mol. The maximum atomic E-state index is 5.93. The maximum Gasteiger partial charge on any atom is 0.235 e. The molecule has 0 aliphatic rings. The number of hydrogen-bond acceptors (Lipinski definition) is 4. The number of nitrogens with zero attached hydrogens (tertiary/aromatic N) is 6. The van der Waals surface area contributed by atoms with Crippen LogP contribution < -0.4 is 0 Å². The van der Waals surface area contributed by atoms with Crippen molar-refractivity contribution in [2.45, 2.75) is 0 Å². The van der Waals surface area contributed by atoms with Gasteiger partial charge in [0.25, 0.3) is 0 Å². The van der Waals surface area contributed by atoms with Crippen LogP contribution in [-0.2, 0) is 0 Å². The molecule has 0 saturated carbocycles. The first-order valence-corrected chi connectivity index (χ1v) is 36.1. The first kappa shape index (κ1) is 61.7. The minimum Gasteiger partial charge on any atom is -0.278 e. The van der Waals surface area contributed by atoms with Crippen molar-refractivity contribution in [1.29, 1.82) is 0 Å². The third-order valence-electron chi connectivity index (χ3n) is 21.0. The SMILES string of the molecule is c1ccc(-c2cccc(-c3nc(-n4c5ccc(-c6ccccc6)cc5c5cccc6c7cc(-c8ccccc8)ccc7n(-c7nc(-c8cccc(-c9ccccc9)c8)c8ccccc8n7)c7ccc(-c8ccccc8)cc7c7cccc(c8cc(-c9ccccc9)ccc84)c7c56)nc4ccccc34)c2)cc1. The van der Waals surface area contributed by atoms with Gasteiger partial charge in [-0.3, -0.25) is 9.13 Å². The third kappa shape index (κ3) is 10.8. The molecule has 0 aliphatic heterocycles. The topological polar surface area (TPSA) is 61.4 Å². The van der Waals surface area contributed by atoms with Crippen LogP contribution in [-0.4, -0.2) is 29.1 Å². The van der Waals surface area contributed by atoms with Crippen molar-refractivity contribution in [2.75, 3.05) is 0 Å². The van der Waals surface area contributed by atoms with E-state index in [0.29, 0.717) is 11.9 Å². The summed E-state index contributed by atoms with van der Waals surface area (Å²) in [6.07, 6.45) is 0. The zero-order valence-electron chi connectivity index (χ0n) is 57.6. The van der Waals surface area contributed by atoms with E-state index in [1.54, 1.807) is 0 Å². The Hall–Kier alpha value is -14.2. The summed E-state index contributed by atoms with van der Waals surface area (Å²) in [5, 5.41) is 12.2. The Balaban J connectivity index is 1.03. The molecule has 0 radical (unpaired) electrons. The lowest BCUT2D eigenvalue weighted by atomic mass is 9.92. The molecular formula is C100H64N6. The quantitative estimate of drug-likeness (QED) is 0.137. The molecule has 106 heavy (non-hydrogen) atoms. The average Bonchev–Trinajstić information content (AvgIpc) is 1.51. The average molecular weight is 1350 g/mol. The Labute approximate surface area is 612 Å². The van der Waals surface area contributed by atoms with Crippen LogP contribution in [0.15, 0.2) is 388 Å². The van der Waals surface area contributed by atoms with Crippen LogP contribution in [0.2, 0.25) is 0 Å². The monoisotopic (exact) mass is 1350 g/mol. The lowest BCUT2D eigenvalue weighted by Crippen LogP contribution is -2.06. The zero-order valence-corrected chi connectivity index (χ0v) is 57.6. The van der Waals surface area contributed by atoms with E-state index in [1.807, 2.05) is 0 Å². The van der Waals surface area contributed by atoms with Crippen LogP contribution in [0.5, 0.6) is 0 Å². The Kier molecular flexibility index (Phi) is 15.1. The van der Waals surface area contributed by atoms with Crippen molar-refractivity contribution in [3.63, 3.8) is 0 Å². The van der Waals surface area contributed by atoms with Crippen LogP contribution >= 0.6 is 0 Å². The van der Waals surface area contributed by atoms with Gasteiger partial charge in [0, 0.05) is 43.4 Å². The molecule has 0 spiro atoms. The Morgan fingerprint density at radius 2 is 0.377 bits per heavy atom. The second kappa shape index (κ2) is 26.0. The van der Waals surface area contributed by atoms with Crippen LogP contribution in [0.3, 0.4) is 0 Å². The van der Waals surface area contributed by atoms with Gasteiger partial charge in [-0.15, -0.1) is 0 Å². The number of hydrogen-bond donors (Lipinski definition) is 0. The van der Waals surface area contributed by atoms with Gasteiger partial charge in [-0.2, -0.15) is 0 Å². The Morgan fingerprint density at radius 1 is 0.151 bits per heavy atom. The lowest BCUT2D eigenvalue weighted by molar-refractivity contribution is 1.01. The van der Waals surface area contributed by atoms with Crippen LogP contribution in [0.4, 0.5) is 0 Å². The molecule has 0 unspecified atom stereocenters. The van der Waals surface area contributed by atoms with E-state index in [2.05, 4.69) is 397 Å². The summed E-state index contributed by atoms with van der Waals surface area (Å²) in [5.74, 6) is 1.07. The van der Waals surface area contributed by atoms with E-state index in [0.717, 1.165) is 187 Å². The fourth-order valence-electron chi connectivity index (χ4n) is 16.0. The van der Waals surface area contributed by atoms with Gasteiger partial charge in [-0.25, -0.2) is 19.9 Å². The van der Waals surface area contributed by atoms with Crippen molar-refractivity contribution in [3.05, 3.63) is 388 Å². The summed E-state index contributed by atoms with van der Waals surface area (Å²) in [7, 11) is 0. The molecule has 20 rings (SSSR count). The van der Waals surface area contributed by atoms with Gasteiger partial charge in [0.15, 0.2) is 0 Å². The van der Waals surface area contributed by atoms with E-state index in [4.69, 9.17) is 19.9 Å². The largest absolute Gasteiger partial charge is 0.278 e. The van der Waals surface area contributed by atoms with Gasteiger partial charge in [0.05, 0.1) is 44.5 Å². The van der Waals surface area contributed by atoms with Gasteiger partial charge in [0.2, 0.25) is 11.9 Å². The van der Waals surface area contributed by atoms with Crippen LogP contribution in [0, 0.1) is 0 Å². The fourth-order valence-corrected chi connectivity index (χ4v) is 16.0. The highest BCUT2D eigenvalue weighted by Gasteiger charge is 2.23. The molecule has 494 valence electrons. The summed E-state index contributed by atoms with van der Waals surface area (Å²) < 4.78 is 4.70. The first-order chi connectivity index (χ1) is 52.6. The van der Waals surface area contributed by atoms with Crippen molar-refractivity contribution in [3.8, 4) is 101 Å². The molecule has 16 aromatic carbocycles. The van der Waals surface area contributed by atoms with Crippen molar-refractivity contribution >= 4 is 97.7 Å². The first-order valence-electron chi connectivity index (χ1n) is 36.1. The van der Waals surface area contributed by atoms with E-state index in [1.165, 1.54) is 0 Å². The number of aromatic nitrogens is 6. The van der Waals surface area contributed by atoms with Gasteiger partial charge in [-0.05, 0) is 172 Å². The molecule has 6 nitrogen and oxygen atoms in total. The highest BCUT2D eigenvalue weighted by atomic mass is 15.2. The van der Waals surface area contributed by atoms with Gasteiger partial charge < -0.3 is 0 Å². The predicted octanol–water partition coefficient (Wildman–Crippen LogP) is 26.2. The molecule has 0 amide bonds. The molecule has 4 aromatic heterocycles. The van der Waals surface area contributed by atoms with Gasteiger partial charge in [-0.1, -0.05) is 315 Å². The Bertz CT molecular complexity index is 6310. The smallest absolute Gasteiger partial charge is 0.235 e. The normalized spacial score (nSPS) is 11.6. The highest BCUT2D eigenvalue weighted by molar-refractivity contribution is 6.34. The summed E-state index contributed by atoms with van der Waals surface area (Å²) >= 11 is 0. The molecule has 0 saturated heterocycles. The Morgan fingerprint density at radius 3 is 0.670 bits per heavy atom. The molecule has 20 aromatic rings. The summed E-state index contributed by atoms with van der Waals surface area (Å²) in [5.41, 5.74) is 22.1.